The van der Waals surface area contributed by atoms with Crippen molar-refractivity contribution in [2.24, 2.45) is 50.2 Å². The molecule has 0 aromatic heterocycles. The number of hydrogen-bond acceptors (Lipinski definition) is 5. The highest BCUT2D eigenvalue weighted by atomic mass is 16.6. The summed E-state index contributed by atoms with van der Waals surface area (Å²) < 4.78 is 6.04. The third-order valence-electron chi connectivity index (χ3n) is 14.5. The third kappa shape index (κ3) is 4.74. The number of aliphatic hydroxyl groups is 1. The molecular weight excluding hydrogens is 564 g/mol. The lowest BCUT2D eigenvalue weighted by Crippen LogP contribution is -2.67. The molecule has 0 aliphatic heterocycles. The Balaban J connectivity index is 1.29. The van der Waals surface area contributed by atoms with Crippen LogP contribution in [0.25, 0.3) is 6.08 Å². The molecule has 6 rings (SSSR count). The van der Waals surface area contributed by atoms with Crippen molar-refractivity contribution in [1.29, 1.82) is 0 Å². The van der Waals surface area contributed by atoms with Crippen molar-refractivity contribution in [3.05, 3.63) is 47.6 Å². The molecule has 9 atom stereocenters. The summed E-state index contributed by atoms with van der Waals surface area (Å²) >= 11 is 0. The van der Waals surface area contributed by atoms with Crippen molar-refractivity contribution >= 4 is 18.0 Å². The minimum absolute atomic E-state index is 0.0131. The van der Waals surface area contributed by atoms with E-state index in [2.05, 4.69) is 54.5 Å². The first-order valence-corrected chi connectivity index (χ1v) is 17.2. The zero-order chi connectivity index (χ0) is 32.8. The van der Waals surface area contributed by atoms with E-state index in [9.17, 15) is 24.9 Å². The number of carboxylic acid groups (broad SMARTS) is 1. The lowest BCUT2D eigenvalue weighted by atomic mass is 9.33. The molecule has 6 nitrogen and oxygen atoms in total. The molecule has 0 spiro atoms. The van der Waals surface area contributed by atoms with E-state index in [1.807, 2.05) is 0 Å². The zero-order valence-corrected chi connectivity index (χ0v) is 28.4. The van der Waals surface area contributed by atoms with E-state index in [-0.39, 0.29) is 39.2 Å². The Morgan fingerprint density at radius 2 is 1.56 bits per heavy atom. The van der Waals surface area contributed by atoms with Gasteiger partial charge in [0.25, 0.3) is 0 Å². The number of rotatable bonds is 4. The minimum atomic E-state index is -0.780. The summed E-state index contributed by atoms with van der Waals surface area (Å²) in [6.45, 7) is 16.3. The monoisotopic (exact) mass is 618 g/mol. The highest BCUT2D eigenvalue weighted by Gasteiger charge is 2.70. The molecule has 5 aliphatic carbocycles. The van der Waals surface area contributed by atoms with Crippen LogP contribution in [-0.4, -0.2) is 39.5 Å². The van der Waals surface area contributed by atoms with Gasteiger partial charge in [-0.25, -0.2) is 4.79 Å². The number of carbonyl (C=O) groups is 2. The van der Waals surface area contributed by atoms with E-state index < -0.39 is 35.0 Å². The fourth-order valence-electron chi connectivity index (χ4n) is 11.9. The first kappa shape index (κ1) is 32.3. The Bertz CT molecular complexity index is 1420. The van der Waals surface area contributed by atoms with Crippen LogP contribution >= 0.6 is 0 Å². The largest absolute Gasteiger partial charge is 0.508 e. The molecular formula is C39H54O6. The summed E-state index contributed by atoms with van der Waals surface area (Å²) in [6.07, 6.45) is 12.0. The highest BCUT2D eigenvalue weighted by molar-refractivity contribution is 5.87. The maximum Gasteiger partial charge on any atom is 0.331 e. The Labute approximate surface area is 269 Å². The Morgan fingerprint density at radius 1 is 0.889 bits per heavy atom. The average molecular weight is 619 g/mol. The molecule has 3 N–H and O–H groups in total. The molecule has 1 aromatic carbocycles. The molecule has 0 radical (unpaired) electrons. The van der Waals surface area contributed by atoms with Gasteiger partial charge in [-0.1, -0.05) is 72.2 Å². The van der Waals surface area contributed by atoms with Crippen molar-refractivity contribution in [1.82, 2.24) is 0 Å². The van der Waals surface area contributed by atoms with Crippen molar-refractivity contribution in [2.75, 3.05) is 0 Å². The standard InChI is InChI=1S/C39H54O6/c1-34(2)18-20-39(33(43)44)21-19-37(6)26(27(39)22-34)13-14-30-36(5)23-28(41)32(35(3,4)29(36)16-17-38(30,37)7)45-31(42)15-10-24-8-11-25(40)12-9-24/h8-13,15,27-30,32,40-41H,14,16-23H2,1-7H3,(H,43,44)/b15-10-/t27-,28-,29+,30-,32+,36+,37-,38-,39+/m0/s1. The number of phenolic OH excluding ortho intramolecular Hbond substituents is 1. The number of carbonyl (C=O) groups excluding carboxylic acids is 1. The number of aliphatic hydroxyl groups excluding tert-OH is 1. The number of benzene rings is 1. The number of aromatic hydroxyl groups is 1. The van der Waals surface area contributed by atoms with Crippen molar-refractivity contribution < 1.29 is 29.6 Å². The van der Waals surface area contributed by atoms with E-state index in [4.69, 9.17) is 4.74 Å². The van der Waals surface area contributed by atoms with Crippen LogP contribution in [0.4, 0.5) is 0 Å². The van der Waals surface area contributed by atoms with Crippen molar-refractivity contribution in [3.8, 4) is 5.75 Å². The maximum absolute atomic E-state index is 13.0. The lowest BCUT2D eigenvalue weighted by Gasteiger charge is -2.71. The second-order valence-electron chi connectivity index (χ2n) is 17.6. The average Bonchev–Trinajstić information content (AvgIpc) is 2.94. The zero-order valence-electron chi connectivity index (χ0n) is 28.4. The minimum Gasteiger partial charge on any atom is -0.508 e. The van der Waals surface area contributed by atoms with Crippen molar-refractivity contribution in [3.63, 3.8) is 0 Å². The van der Waals surface area contributed by atoms with Crippen LogP contribution in [0, 0.1) is 50.2 Å². The van der Waals surface area contributed by atoms with Crippen LogP contribution in [0.2, 0.25) is 0 Å². The molecule has 0 amide bonds. The molecule has 4 saturated carbocycles. The predicted octanol–water partition coefficient (Wildman–Crippen LogP) is 8.17. The number of allylic oxidation sites excluding steroid dienone is 2. The summed E-state index contributed by atoms with van der Waals surface area (Å²) in [4.78, 5) is 26.0. The normalized spacial score (nSPS) is 43.2. The summed E-state index contributed by atoms with van der Waals surface area (Å²) in [5.41, 5.74) is 0.991. The predicted molar refractivity (Wildman–Crippen MR) is 175 cm³/mol. The van der Waals surface area contributed by atoms with E-state index in [0.717, 1.165) is 56.9 Å². The molecule has 6 heteroatoms. The molecule has 246 valence electrons. The molecule has 4 fully saturated rings. The fraction of sp³-hybridized carbons (Fsp3) is 0.692. The number of phenols is 1. The van der Waals surface area contributed by atoms with Gasteiger partial charge < -0.3 is 20.1 Å². The van der Waals surface area contributed by atoms with Crippen LogP contribution in [0.1, 0.15) is 112 Å². The van der Waals surface area contributed by atoms with Gasteiger partial charge in [0.15, 0.2) is 0 Å². The number of hydrogen-bond donors (Lipinski definition) is 3. The summed E-state index contributed by atoms with van der Waals surface area (Å²) in [6, 6.07) is 6.62. The molecule has 0 bridgehead atoms. The summed E-state index contributed by atoms with van der Waals surface area (Å²) in [5, 5.41) is 31.9. The third-order valence-corrected chi connectivity index (χ3v) is 14.5. The Kier molecular flexibility index (Phi) is 7.51. The summed E-state index contributed by atoms with van der Waals surface area (Å²) in [7, 11) is 0. The number of carboxylic acids is 1. The van der Waals surface area contributed by atoms with Gasteiger partial charge in [0, 0.05) is 11.5 Å². The van der Waals surface area contributed by atoms with Crippen molar-refractivity contribution in [2.45, 2.75) is 118 Å². The lowest BCUT2D eigenvalue weighted by molar-refractivity contribution is -0.238. The van der Waals surface area contributed by atoms with Gasteiger partial charge in [-0.3, -0.25) is 4.79 Å². The van der Waals surface area contributed by atoms with Gasteiger partial charge in [0.05, 0.1) is 11.5 Å². The number of fused-ring (bicyclic) bond motifs is 7. The number of ether oxygens (including phenoxy) is 1. The van der Waals surface area contributed by atoms with Crippen LogP contribution in [0.5, 0.6) is 5.75 Å². The Hall–Kier alpha value is -2.60. The van der Waals surface area contributed by atoms with E-state index in [1.165, 1.54) is 11.6 Å². The van der Waals surface area contributed by atoms with Crippen LogP contribution < -0.4 is 0 Å². The van der Waals surface area contributed by atoms with Gasteiger partial charge in [-0.05, 0) is 121 Å². The topological polar surface area (TPSA) is 104 Å². The fourth-order valence-corrected chi connectivity index (χ4v) is 11.9. The van der Waals surface area contributed by atoms with Crippen LogP contribution in [-0.2, 0) is 14.3 Å². The SMILES string of the molecule is CC1(C)CC[C@@]2(C(=O)O)CC[C@@]3(C)C(=CC[C@H]4[C@]5(C)C[C@H](O)[C@@H](OC(=O)/C=C\c6ccc(O)cc6)C(C)(C)[C@H]5CC[C@@]43C)[C@@H]2C1. The van der Waals surface area contributed by atoms with Gasteiger partial charge in [-0.2, -0.15) is 0 Å². The van der Waals surface area contributed by atoms with Crippen LogP contribution in [0.3, 0.4) is 0 Å². The first-order valence-electron chi connectivity index (χ1n) is 17.2. The summed E-state index contributed by atoms with van der Waals surface area (Å²) in [5.74, 6) is -0.230. The molecule has 5 aliphatic rings. The van der Waals surface area contributed by atoms with E-state index in [0.29, 0.717) is 12.3 Å². The van der Waals surface area contributed by atoms with E-state index in [1.54, 1.807) is 30.3 Å². The van der Waals surface area contributed by atoms with Gasteiger partial charge >= 0.3 is 11.9 Å². The second kappa shape index (κ2) is 10.5. The smallest absolute Gasteiger partial charge is 0.331 e. The molecule has 45 heavy (non-hydrogen) atoms. The van der Waals surface area contributed by atoms with Gasteiger partial charge in [0.2, 0.25) is 0 Å². The van der Waals surface area contributed by atoms with Crippen LogP contribution in [0.15, 0.2) is 42.0 Å². The molecule has 0 heterocycles. The van der Waals surface area contributed by atoms with E-state index >= 15 is 0 Å². The molecule has 0 saturated heterocycles. The highest BCUT2D eigenvalue weighted by Crippen LogP contribution is 2.75. The Morgan fingerprint density at radius 3 is 2.22 bits per heavy atom. The number of aliphatic carboxylic acids is 1. The second-order valence-corrected chi connectivity index (χ2v) is 17.6. The maximum atomic E-state index is 13.0. The molecule has 0 unspecified atom stereocenters. The first-order chi connectivity index (χ1) is 20.9. The number of esters is 1. The van der Waals surface area contributed by atoms with Gasteiger partial charge in [0.1, 0.15) is 11.9 Å². The van der Waals surface area contributed by atoms with Gasteiger partial charge in [-0.15, -0.1) is 0 Å². The quantitative estimate of drug-likeness (QED) is 0.179. The molecule has 1 aromatic rings.